The van der Waals surface area contributed by atoms with Gasteiger partial charge in [-0.1, -0.05) is 56.5 Å². The van der Waals surface area contributed by atoms with Crippen molar-refractivity contribution in [3.05, 3.63) is 35.9 Å². The fourth-order valence-corrected chi connectivity index (χ4v) is 3.85. The minimum atomic E-state index is -0.265. The molecule has 1 aromatic rings. The number of rotatable bonds is 9. The number of carbonyl (C=O) groups is 2. The smallest absolute Gasteiger partial charge is 0.307 e. The fraction of sp³-hybridized carbons (Fsp3) is 0.636. The van der Waals surface area contributed by atoms with E-state index in [2.05, 4.69) is 6.92 Å². The van der Waals surface area contributed by atoms with Crippen LogP contribution in [-0.2, 0) is 20.9 Å². The van der Waals surface area contributed by atoms with E-state index in [0.717, 1.165) is 37.2 Å². The van der Waals surface area contributed by atoms with Crippen LogP contribution in [0.4, 0.5) is 0 Å². The molecule has 1 aliphatic carbocycles. The summed E-state index contributed by atoms with van der Waals surface area (Å²) in [5.74, 6) is 0.830. The first-order valence-electron chi connectivity index (χ1n) is 10.0. The van der Waals surface area contributed by atoms with Crippen molar-refractivity contribution in [3.8, 4) is 0 Å². The van der Waals surface area contributed by atoms with E-state index in [-0.39, 0.29) is 24.2 Å². The minimum absolute atomic E-state index is 0.106. The molecule has 0 bridgehead atoms. The number of esters is 1. The summed E-state index contributed by atoms with van der Waals surface area (Å²) in [7, 11) is 1.39. The lowest BCUT2D eigenvalue weighted by molar-refractivity contribution is -0.143. The molecule has 1 saturated carbocycles. The van der Waals surface area contributed by atoms with Gasteiger partial charge in [0.15, 0.2) is 0 Å². The van der Waals surface area contributed by atoms with E-state index in [1.807, 2.05) is 35.2 Å². The molecule has 0 saturated heterocycles. The Hall–Kier alpha value is -1.84. The Morgan fingerprint density at radius 3 is 2.42 bits per heavy atom. The molecular weight excluding hydrogens is 326 g/mol. The Morgan fingerprint density at radius 1 is 1.12 bits per heavy atom. The van der Waals surface area contributed by atoms with Crippen molar-refractivity contribution < 1.29 is 14.3 Å². The summed E-state index contributed by atoms with van der Waals surface area (Å²) in [6.07, 6.45) is 8.38. The number of hydrogen-bond donors (Lipinski definition) is 0. The van der Waals surface area contributed by atoms with Crippen LogP contribution in [0.15, 0.2) is 30.3 Å². The lowest BCUT2D eigenvalue weighted by Gasteiger charge is -2.32. The molecule has 2 rings (SSSR count). The second kappa shape index (κ2) is 11.0. The molecule has 26 heavy (non-hydrogen) atoms. The number of ether oxygens (including phenoxy) is 1. The fourth-order valence-electron chi connectivity index (χ4n) is 3.85. The van der Waals surface area contributed by atoms with Crippen LogP contribution in [0.2, 0.25) is 0 Å². The van der Waals surface area contributed by atoms with Gasteiger partial charge in [0.05, 0.1) is 13.5 Å². The molecule has 0 heterocycles. The Bertz CT molecular complexity index is 550. The summed E-state index contributed by atoms with van der Waals surface area (Å²) in [6, 6.07) is 10.00. The second-order valence-electron chi connectivity index (χ2n) is 7.43. The summed E-state index contributed by atoms with van der Waals surface area (Å²) in [5.41, 5.74) is 1.10. The maximum absolute atomic E-state index is 13.1. The van der Waals surface area contributed by atoms with Gasteiger partial charge >= 0.3 is 5.97 Å². The zero-order valence-electron chi connectivity index (χ0n) is 16.3. The molecule has 0 N–H and O–H groups in total. The molecule has 1 fully saturated rings. The third-order valence-electron chi connectivity index (χ3n) is 5.50. The predicted molar refractivity (Wildman–Crippen MR) is 103 cm³/mol. The highest BCUT2D eigenvalue weighted by atomic mass is 16.5. The van der Waals surface area contributed by atoms with Gasteiger partial charge in [-0.15, -0.1) is 0 Å². The first-order valence-corrected chi connectivity index (χ1v) is 10.0. The topological polar surface area (TPSA) is 46.6 Å². The molecule has 0 radical (unpaired) electrons. The molecule has 0 unspecified atom stereocenters. The van der Waals surface area contributed by atoms with Crippen LogP contribution in [0.1, 0.15) is 63.9 Å². The van der Waals surface area contributed by atoms with Crippen LogP contribution in [0.3, 0.4) is 0 Å². The first-order chi connectivity index (χ1) is 12.6. The molecule has 0 atom stereocenters. The van der Waals surface area contributed by atoms with Crippen LogP contribution in [0.5, 0.6) is 0 Å². The summed E-state index contributed by atoms with van der Waals surface area (Å²) in [6.45, 7) is 3.22. The molecule has 0 spiro atoms. The normalized spacial score (nSPS) is 19.8. The summed E-state index contributed by atoms with van der Waals surface area (Å²) in [5, 5.41) is 0. The lowest BCUT2D eigenvalue weighted by Crippen LogP contribution is -2.38. The maximum Gasteiger partial charge on any atom is 0.307 e. The second-order valence-corrected chi connectivity index (χ2v) is 7.43. The van der Waals surface area contributed by atoms with Gasteiger partial charge in [0.1, 0.15) is 0 Å². The van der Waals surface area contributed by atoms with E-state index < -0.39 is 0 Å². The molecule has 1 aromatic carbocycles. The van der Waals surface area contributed by atoms with Gasteiger partial charge in [0, 0.05) is 19.0 Å². The monoisotopic (exact) mass is 359 g/mol. The van der Waals surface area contributed by atoms with Gasteiger partial charge in [0.25, 0.3) is 0 Å². The molecule has 0 aromatic heterocycles. The Kier molecular flexibility index (Phi) is 8.66. The highest BCUT2D eigenvalue weighted by Gasteiger charge is 2.29. The van der Waals surface area contributed by atoms with E-state index in [1.54, 1.807) is 0 Å². The van der Waals surface area contributed by atoms with Crippen LogP contribution < -0.4 is 0 Å². The van der Waals surface area contributed by atoms with Gasteiger partial charge in [-0.2, -0.15) is 0 Å². The van der Waals surface area contributed by atoms with Gasteiger partial charge in [0.2, 0.25) is 5.91 Å². The molecule has 144 valence electrons. The van der Waals surface area contributed by atoms with E-state index in [9.17, 15) is 9.59 Å². The largest absolute Gasteiger partial charge is 0.469 e. The summed E-state index contributed by atoms with van der Waals surface area (Å²) < 4.78 is 4.75. The highest BCUT2D eigenvalue weighted by molar-refractivity contribution is 5.79. The van der Waals surface area contributed by atoms with Gasteiger partial charge in [-0.3, -0.25) is 9.59 Å². The Morgan fingerprint density at radius 2 is 1.81 bits per heavy atom. The quantitative estimate of drug-likeness (QED) is 0.607. The van der Waals surface area contributed by atoms with Crippen molar-refractivity contribution in [2.45, 2.75) is 64.8 Å². The predicted octanol–water partition coefficient (Wildman–Crippen LogP) is 4.57. The van der Waals surface area contributed by atoms with Crippen molar-refractivity contribution in [3.63, 3.8) is 0 Å². The van der Waals surface area contributed by atoms with E-state index in [4.69, 9.17) is 4.74 Å². The van der Waals surface area contributed by atoms with Crippen LogP contribution in [0.25, 0.3) is 0 Å². The summed E-state index contributed by atoms with van der Waals surface area (Å²) >= 11 is 0. The Labute approximate surface area is 157 Å². The van der Waals surface area contributed by atoms with Gasteiger partial charge in [-0.25, -0.2) is 0 Å². The van der Waals surface area contributed by atoms with Gasteiger partial charge < -0.3 is 9.64 Å². The van der Waals surface area contributed by atoms with Crippen LogP contribution in [-0.4, -0.2) is 30.4 Å². The Balaban J connectivity index is 1.95. The molecule has 1 aliphatic rings. The van der Waals surface area contributed by atoms with Crippen molar-refractivity contribution >= 4 is 11.9 Å². The number of nitrogens with zero attached hydrogens (tertiary/aromatic N) is 1. The average molecular weight is 360 g/mol. The summed E-state index contributed by atoms with van der Waals surface area (Å²) in [4.78, 5) is 26.5. The number of benzene rings is 1. The number of carbonyl (C=O) groups excluding carboxylic acids is 2. The lowest BCUT2D eigenvalue weighted by atomic mass is 9.79. The molecule has 4 nitrogen and oxygen atoms in total. The van der Waals surface area contributed by atoms with Gasteiger partial charge in [-0.05, 0) is 37.2 Å². The molecule has 1 amide bonds. The standard InChI is InChI=1S/C22H33NO3/c1-3-4-8-18-11-13-20(14-12-18)22(25)23(16-15-21(24)26-2)17-19-9-6-5-7-10-19/h5-7,9-10,18,20H,3-4,8,11-17H2,1-2H3. The number of hydrogen-bond acceptors (Lipinski definition) is 3. The van der Waals surface area contributed by atoms with Crippen molar-refractivity contribution in [2.75, 3.05) is 13.7 Å². The highest BCUT2D eigenvalue weighted by Crippen LogP contribution is 2.33. The maximum atomic E-state index is 13.1. The molecule has 4 heteroatoms. The van der Waals surface area contributed by atoms with E-state index in [1.165, 1.54) is 26.4 Å². The van der Waals surface area contributed by atoms with E-state index in [0.29, 0.717) is 13.1 Å². The van der Waals surface area contributed by atoms with Crippen LogP contribution in [0, 0.1) is 11.8 Å². The zero-order valence-corrected chi connectivity index (χ0v) is 16.3. The minimum Gasteiger partial charge on any atom is -0.469 e. The average Bonchev–Trinajstić information content (AvgIpc) is 2.69. The van der Waals surface area contributed by atoms with Crippen molar-refractivity contribution in [2.24, 2.45) is 11.8 Å². The van der Waals surface area contributed by atoms with Crippen molar-refractivity contribution in [1.82, 2.24) is 4.90 Å². The molecule has 0 aliphatic heterocycles. The zero-order chi connectivity index (χ0) is 18.8. The third-order valence-corrected chi connectivity index (χ3v) is 5.50. The van der Waals surface area contributed by atoms with Crippen molar-refractivity contribution in [1.29, 1.82) is 0 Å². The first kappa shape index (κ1) is 20.5. The number of amides is 1. The van der Waals surface area contributed by atoms with E-state index >= 15 is 0 Å². The SMILES string of the molecule is CCCCC1CCC(C(=O)N(CCC(=O)OC)Cc2ccccc2)CC1. The molecular formula is C22H33NO3. The number of methoxy groups -OCH3 is 1. The number of unbranched alkanes of at least 4 members (excludes halogenated alkanes) is 1. The third kappa shape index (κ3) is 6.47. The van der Waals surface area contributed by atoms with Crippen LogP contribution >= 0.6 is 0 Å².